The van der Waals surface area contributed by atoms with Crippen molar-refractivity contribution in [2.75, 3.05) is 33.4 Å². The fraction of sp³-hybridized carbons (Fsp3) is 0.444. The van der Waals surface area contributed by atoms with Crippen molar-refractivity contribution < 1.29 is 19.3 Å². The molecular formula is C27H34ClN3O4. The van der Waals surface area contributed by atoms with E-state index in [0.717, 1.165) is 29.9 Å². The molecule has 1 fully saturated rings. The number of aryl methyl sites for hydroxylation is 2. The van der Waals surface area contributed by atoms with Crippen molar-refractivity contribution in [3.8, 4) is 17.2 Å². The molecule has 0 radical (unpaired) electrons. The Balaban J connectivity index is 1.36. The van der Waals surface area contributed by atoms with E-state index in [9.17, 15) is 5.11 Å². The van der Waals surface area contributed by atoms with Crippen LogP contribution in [0.4, 0.5) is 0 Å². The molecule has 0 saturated carbocycles. The Kier molecular flexibility index (Phi) is 8.21. The quantitative estimate of drug-likeness (QED) is 0.438. The molecule has 1 saturated heterocycles. The third kappa shape index (κ3) is 6.69. The second-order valence-electron chi connectivity index (χ2n) is 9.26. The lowest BCUT2D eigenvalue weighted by Gasteiger charge is -2.39. The normalized spacial score (nSPS) is 18.4. The minimum Gasteiger partial charge on any atom is -0.493 e. The molecule has 1 aliphatic heterocycles. The number of ether oxygens (including phenoxy) is 3. The van der Waals surface area contributed by atoms with Crippen LogP contribution in [0.1, 0.15) is 29.8 Å². The van der Waals surface area contributed by atoms with E-state index < -0.39 is 5.60 Å². The first-order chi connectivity index (χ1) is 16.8. The Morgan fingerprint density at radius 1 is 1.09 bits per heavy atom. The zero-order valence-corrected chi connectivity index (χ0v) is 21.4. The van der Waals surface area contributed by atoms with E-state index in [1.807, 2.05) is 56.4 Å². The molecule has 1 aromatic heterocycles. The van der Waals surface area contributed by atoms with Crippen LogP contribution >= 0.6 is 11.6 Å². The molecule has 0 aliphatic carbocycles. The second kappa shape index (κ2) is 11.3. The third-order valence-corrected chi connectivity index (χ3v) is 6.68. The average Bonchev–Trinajstić information content (AvgIpc) is 3.24. The number of benzene rings is 2. The molecule has 8 heteroatoms. The molecule has 4 rings (SSSR count). The van der Waals surface area contributed by atoms with Crippen molar-refractivity contribution in [2.45, 2.75) is 45.4 Å². The highest BCUT2D eigenvalue weighted by molar-refractivity contribution is 6.32. The van der Waals surface area contributed by atoms with Gasteiger partial charge in [-0.15, -0.1) is 0 Å². The first kappa shape index (κ1) is 25.4. The third-order valence-electron chi connectivity index (χ3n) is 6.37. The lowest BCUT2D eigenvalue weighted by Crippen LogP contribution is -2.51. The Bertz CT molecular complexity index is 1140. The summed E-state index contributed by atoms with van der Waals surface area (Å²) in [5.41, 5.74) is 1.24. The lowest BCUT2D eigenvalue weighted by atomic mass is 9.93. The number of aromatic nitrogens is 2. The van der Waals surface area contributed by atoms with Crippen molar-refractivity contribution in [2.24, 2.45) is 0 Å². The van der Waals surface area contributed by atoms with E-state index in [0.29, 0.717) is 54.9 Å². The summed E-state index contributed by atoms with van der Waals surface area (Å²) in [4.78, 5) is 6.50. The summed E-state index contributed by atoms with van der Waals surface area (Å²) < 4.78 is 19.6. The number of halogens is 1. The van der Waals surface area contributed by atoms with Gasteiger partial charge < -0.3 is 23.9 Å². The van der Waals surface area contributed by atoms with Gasteiger partial charge in [0.15, 0.2) is 11.5 Å². The average molecular weight is 500 g/mol. The van der Waals surface area contributed by atoms with E-state index in [1.165, 1.54) is 0 Å². The Morgan fingerprint density at radius 3 is 2.71 bits per heavy atom. The monoisotopic (exact) mass is 499 g/mol. The highest BCUT2D eigenvalue weighted by Crippen LogP contribution is 2.31. The largest absolute Gasteiger partial charge is 0.493 e. The first-order valence-corrected chi connectivity index (χ1v) is 12.3. The first-order valence-electron chi connectivity index (χ1n) is 12.0. The van der Waals surface area contributed by atoms with E-state index in [1.54, 1.807) is 13.3 Å². The second-order valence-corrected chi connectivity index (χ2v) is 9.67. The summed E-state index contributed by atoms with van der Waals surface area (Å²) in [5, 5.41) is 11.8. The summed E-state index contributed by atoms with van der Waals surface area (Å²) in [5.74, 6) is 2.99. The number of aliphatic hydroxyl groups is 1. The number of rotatable bonds is 10. The number of β-amino-alcohol motifs (C(OH)–C–C–N with tert-alkyl or cyclic N) is 1. The van der Waals surface area contributed by atoms with Gasteiger partial charge >= 0.3 is 0 Å². The molecule has 0 amide bonds. The molecular weight excluding hydrogens is 466 g/mol. The van der Waals surface area contributed by atoms with Crippen LogP contribution < -0.4 is 14.2 Å². The van der Waals surface area contributed by atoms with Crippen LogP contribution in [0.3, 0.4) is 0 Å². The molecule has 0 spiro atoms. The van der Waals surface area contributed by atoms with E-state index >= 15 is 0 Å². The summed E-state index contributed by atoms with van der Waals surface area (Å²) in [6, 6.07) is 11.7. The van der Waals surface area contributed by atoms with Gasteiger partial charge in [-0.25, -0.2) is 4.98 Å². The summed E-state index contributed by atoms with van der Waals surface area (Å²) >= 11 is 6.26. The van der Waals surface area contributed by atoms with Crippen LogP contribution in [0.5, 0.6) is 17.2 Å². The Hall–Kier alpha value is -2.74. The van der Waals surface area contributed by atoms with Gasteiger partial charge in [0.2, 0.25) is 0 Å². The maximum absolute atomic E-state index is 11.2. The minimum atomic E-state index is -0.931. The van der Waals surface area contributed by atoms with Crippen molar-refractivity contribution in [3.05, 3.63) is 70.8 Å². The van der Waals surface area contributed by atoms with Gasteiger partial charge in [-0.1, -0.05) is 23.7 Å². The van der Waals surface area contributed by atoms with Gasteiger partial charge in [-0.2, -0.15) is 0 Å². The number of imidazole rings is 1. The molecule has 0 bridgehead atoms. The fourth-order valence-electron chi connectivity index (χ4n) is 4.48. The van der Waals surface area contributed by atoms with Gasteiger partial charge in [-0.3, -0.25) is 4.90 Å². The zero-order valence-electron chi connectivity index (χ0n) is 20.7. The van der Waals surface area contributed by atoms with Gasteiger partial charge in [0.05, 0.1) is 18.7 Å². The van der Waals surface area contributed by atoms with Crippen LogP contribution in [0.2, 0.25) is 5.02 Å². The van der Waals surface area contributed by atoms with E-state index in [-0.39, 0.29) is 6.61 Å². The fourth-order valence-corrected chi connectivity index (χ4v) is 4.65. The summed E-state index contributed by atoms with van der Waals surface area (Å²) in [6.45, 7) is 7.54. The van der Waals surface area contributed by atoms with E-state index in [4.69, 9.17) is 25.8 Å². The number of hydrogen-bond acceptors (Lipinski definition) is 6. The van der Waals surface area contributed by atoms with Crippen LogP contribution in [0.15, 0.2) is 48.8 Å². The molecule has 2 aromatic carbocycles. The highest BCUT2D eigenvalue weighted by Gasteiger charge is 2.34. The maximum atomic E-state index is 11.2. The molecule has 188 valence electrons. The van der Waals surface area contributed by atoms with Gasteiger partial charge in [0.1, 0.15) is 30.4 Å². The van der Waals surface area contributed by atoms with Crippen LogP contribution in [0, 0.1) is 13.8 Å². The molecule has 2 heterocycles. The number of likely N-dealkylation sites (tertiary alicyclic amines) is 1. The van der Waals surface area contributed by atoms with Gasteiger partial charge in [-0.05, 0) is 68.6 Å². The van der Waals surface area contributed by atoms with E-state index in [2.05, 4.69) is 14.5 Å². The predicted molar refractivity (Wildman–Crippen MR) is 137 cm³/mol. The molecule has 1 atom stereocenters. The number of nitrogens with zero attached hydrogens (tertiary/aromatic N) is 3. The predicted octanol–water partition coefficient (Wildman–Crippen LogP) is 4.65. The topological polar surface area (TPSA) is 69.0 Å². The van der Waals surface area contributed by atoms with Crippen molar-refractivity contribution in [1.82, 2.24) is 14.5 Å². The smallest absolute Gasteiger partial charge is 0.161 e. The maximum Gasteiger partial charge on any atom is 0.161 e. The Morgan fingerprint density at radius 2 is 1.94 bits per heavy atom. The van der Waals surface area contributed by atoms with Crippen molar-refractivity contribution in [3.63, 3.8) is 0 Å². The Labute approximate surface area is 212 Å². The van der Waals surface area contributed by atoms with Gasteiger partial charge in [0, 0.05) is 25.5 Å². The molecule has 1 N–H and O–H groups in total. The van der Waals surface area contributed by atoms with Crippen molar-refractivity contribution in [1.29, 1.82) is 0 Å². The molecule has 7 nitrogen and oxygen atoms in total. The minimum absolute atomic E-state index is 0.206. The zero-order chi connectivity index (χ0) is 24.8. The van der Waals surface area contributed by atoms with Crippen LogP contribution in [-0.2, 0) is 13.1 Å². The summed E-state index contributed by atoms with van der Waals surface area (Å²) in [6.07, 6.45) is 5.32. The molecule has 35 heavy (non-hydrogen) atoms. The molecule has 1 aliphatic rings. The number of methoxy groups -OCH3 is 1. The van der Waals surface area contributed by atoms with Gasteiger partial charge in [0.25, 0.3) is 0 Å². The lowest BCUT2D eigenvalue weighted by molar-refractivity contribution is -0.0621. The van der Waals surface area contributed by atoms with Crippen molar-refractivity contribution >= 4 is 11.6 Å². The SMILES string of the molecule is COc1ccc(CN2CCC[C@@](O)(COc3cc(C)ccc3Cl)C2)cc1OCCn1ccnc1C. The standard InChI is InChI=1S/C27H34ClN3O4/c1-20-5-7-23(28)25(15-20)35-19-27(32)9-4-11-30(18-27)17-22-6-8-24(33-3)26(16-22)34-14-13-31-12-10-29-21(31)2/h5-8,10,12,15-16,32H,4,9,11,13-14,17-19H2,1-3H3/t27-/m0/s1. The number of hydrogen-bond donors (Lipinski definition) is 1. The summed E-state index contributed by atoms with van der Waals surface area (Å²) in [7, 11) is 1.65. The van der Waals surface area contributed by atoms with Crippen LogP contribution in [0.25, 0.3) is 0 Å². The molecule has 0 unspecified atom stereocenters. The number of piperidine rings is 1. The van der Waals surface area contributed by atoms with Crippen LogP contribution in [-0.4, -0.2) is 58.6 Å². The highest BCUT2D eigenvalue weighted by atomic mass is 35.5. The molecule has 3 aromatic rings.